The second kappa shape index (κ2) is 17.3. The summed E-state index contributed by atoms with van der Waals surface area (Å²) < 4.78 is 30.3. The van der Waals surface area contributed by atoms with E-state index in [4.69, 9.17) is 32.0 Å². The average molecular weight is 661 g/mol. The molecule has 0 rings (SSSR count). The highest BCUT2D eigenvalue weighted by Gasteiger charge is 2.35. The topological polar surface area (TPSA) is 98.5 Å². The summed E-state index contributed by atoms with van der Waals surface area (Å²) in [4.78, 5) is 26.7. The molecule has 0 saturated heterocycles. The molecule has 3 atom stereocenters. The molecule has 3 unspecified atom stereocenters. The summed E-state index contributed by atoms with van der Waals surface area (Å²) in [7, 11) is -4.41. The van der Waals surface area contributed by atoms with Crippen molar-refractivity contribution in [3.05, 3.63) is 11.4 Å². The first-order chi connectivity index (χ1) is 17.6. The standard InChI is InChI=1S/C13H27N2OP.C8H19O3P.C8H19O2PS/c1-11(2)15(12(3)4)17(13(5,6)7)16-10-9-14-8;1-7(2,3)11-12(9,10)8(4,5)6;1-7(2,3)10-11(9,12)8(4,5)6/h11-12H,9-10H2,1-7H3;1-6H3,(H,9,10);1-6H3,(H,9,12)/p-2. The Morgan fingerprint density at radius 1 is 0.780 bits per heavy atom. The molecule has 0 aliphatic heterocycles. The van der Waals surface area contributed by atoms with Gasteiger partial charge in [-0.3, -0.25) is 4.67 Å². The minimum absolute atomic E-state index is 0.117. The van der Waals surface area contributed by atoms with Crippen molar-refractivity contribution in [1.29, 1.82) is 0 Å². The maximum atomic E-state index is 11.8. The van der Waals surface area contributed by atoms with Crippen LogP contribution in [0.25, 0.3) is 4.85 Å². The lowest BCUT2D eigenvalue weighted by Crippen LogP contribution is -2.38. The molecule has 12 heteroatoms. The van der Waals surface area contributed by atoms with E-state index in [9.17, 15) is 14.4 Å². The van der Waals surface area contributed by atoms with Crippen LogP contribution in [0.3, 0.4) is 0 Å². The van der Waals surface area contributed by atoms with E-state index in [1.54, 1.807) is 41.5 Å². The SMILES string of the molecule is CC(C)(C)OP(=O)([O-])C(C)(C)C.CC(C)(C)OP([O-])(=S)C(C)(C)C.[C-]#[N+]CCOP(N(C(C)C)C(C)C)C(C)(C)C. The fourth-order valence-corrected chi connectivity index (χ4v) is 7.76. The van der Waals surface area contributed by atoms with Crippen LogP contribution >= 0.6 is 22.4 Å². The Kier molecular flexibility index (Phi) is 19.4. The van der Waals surface area contributed by atoms with Crippen molar-refractivity contribution in [2.24, 2.45) is 0 Å². The molecule has 8 nitrogen and oxygen atoms in total. The molecule has 0 heterocycles. The van der Waals surface area contributed by atoms with Gasteiger partial charge in [0.25, 0.3) is 0 Å². The smallest absolute Gasteiger partial charge is 0.238 e. The van der Waals surface area contributed by atoms with E-state index in [-0.39, 0.29) is 5.16 Å². The van der Waals surface area contributed by atoms with Gasteiger partial charge >= 0.3 is 0 Å². The van der Waals surface area contributed by atoms with Gasteiger partial charge < -0.3 is 32.8 Å². The zero-order chi connectivity index (χ0) is 34.1. The molecular formula is C29H63N2O6P3S-2. The maximum absolute atomic E-state index is 11.8. The predicted molar refractivity (Wildman–Crippen MR) is 179 cm³/mol. The highest BCUT2D eigenvalue weighted by Crippen LogP contribution is 2.56. The molecule has 248 valence electrons. The van der Waals surface area contributed by atoms with Crippen LogP contribution in [0.1, 0.15) is 132 Å². The Hall–Kier alpha value is 0.560. The van der Waals surface area contributed by atoms with Gasteiger partial charge in [0.2, 0.25) is 6.54 Å². The Labute approximate surface area is 261 Å². The first-order valence-electron chi connectivity index (χ1n) is 14.2. The van der Waals surface area contributed by atoms with E-state index in [1.165, 1.54) is 0 Å². The molecule has 0 saturated carbocycles. The van der Waals surface area contributed by atoms with E-state index in [0.717, 1.165) is 0 Å². The summed E-state index contributed by atoms with van der Waals surface area (Å²) in [6, 6.07) is 0.932. The molecular weight excluding hydrogens is 597 g/mol. The predicted octanol–water partition coefficient (Wildman–Crippen LogP) is 8.57. The minimum Gasteiger partial charge on any atom is -0.800 e. The van der Waals surface area contributed by atoms with Crippen LogP contribution < -0.4 is 9.79 Å². The third kappa shape index (κ3) is 21.0. The molecule has 0 amide bonds. The van der Waals surface area contributed by atoms with Crippen LogP contribution in [0.15, 0.2) is 0 Å². The van der Waals surface area contributed by atoms with Gasteiger partial charge in [-0.15, -0.1) is 0 Å². The molecule has 0 aromatic rings. The van der Waals surface area contributed by atoms with Gasteiger partial charge in [-0.2, -0.15) is 0 Å². The zero-order valence-corrected chi connectivity index (χ0v) is 33.2. The fourth-order valence-electron chi connectivity index (χ4n) is 2.79. The molecule has 0 fully saturated rings. The molecule has 0 bridgehead atoms. The molecule has 0 radical (unpaired) electrons. The van der Waals surface area contributed by atoms with Gasteiger partial charge in [-0.25, -0.2) is 6.57 Å². The van der Waals surface area contributed by atoms with E-state index < -0.39 is 43.9 Å². The normalized spacial score (nSPS) is 17.0. The fraction of sp³-hybridized carbons (Fsp3) is 0.966. The highest BCUT2D eigenvalue weighted by atomic mass is 32.5. The van der Waals surface area contributed by atoms with Gasteiger partial charge in [0.1, 0.15) is 22.5 Å². The van der Waals surface area contributed by atoms with Crippen molar-refractivity contribution in [1.82, 2.24) is 4.67 Å². The van der Waals surface area contributed by atoms with Crippen molar-refractivity contribution in [3.8, 4) is 0 Å². The zero-order valence-electron chi connectivity index (χ0n) is 29.7. The Balaban J connectivity index is -0.000000542. The van der Waals surface area contributed by atoms with E-state index in [0.29, 0.717) is 25.2 Å². The monoisotopic (exact) mass is 660 g/mol. The quantitative estimate of drug-likeness (QED) is 0.145. The van der Waals surface area contributed by atoms with Crippen LogP contribution in [-0.2, 0) is 29.9 Å². The molecule has 0 aliphatic carbocycles. The molecule has 0 aromatic heterocycles. The van der Waals surface area contributed by atoms with E-state index >= 15 is 0 Å². The lowest BCUT2D eigenvalue weighted by molar-refractivity contribution is -0.212. The minimum atomic E-state index is -3.75. The lowest BCUT2D eigenvalue weighted by atomic mass is 10.2. The number of rotatable bonds is 8. The summed E-state index contributed by atoms with van der Waals surface area (Å²) in [5, 5.41) is -1.15. The molecule has 0 N–H and O–H groups in total. The van der Waals surface area contributed by atoms with Crippen LogP contribution in [0.5, 0.6) is 0 Å². The van der Waals surface area contributed by atoms with Gasteiger partial charge in [-0.1, -0.05) is 74.1 Å². The average Bonchev–Trinajstić information content (AvgIpc) is 2.61. The first kappa shape index (κ1) is 46.0. The van der Waals surface area contributed by atoms with Crippen molar-refractivity contribution >= 4 is 34.2 Å². The van der Waals surface area contributed by atoms with Crippen molar-refractivity contribution in [2.75, 3.05) is 13.2 Å². The van der Waals surface area contributed by atoms with Gasteiger partial charge in [0.15, 0.2) is 0 Å². The van der Waals surface area contributed by atoms with Gasteiger partial charge in [-0.05, 0) is 69.2 Å². The van der Waals surface area contributed by atoms with E-state index in [2.05, 4.69) is 58.0 Å². The Bertz CT molecular complexity index is 833. The molecule has 0 aromatic carbocycles. The van der Waals surface area contributed by atoms with Crippen LogP contribution in [0, 0.1) is 6.57 Å². The molecule has 0 spiro atoms. The Morgan fingerprint density at radius 3 is 1.32 bits per heavy atom. The van der Waals surface area contributed by atoms with Gasteiger partial charge in [0, 0.05) is 34.0 Å². The van der Waals surface area contributed by atoms with Gasteiger partial charge in [0.05, 0.1) is 11.2 Å². The third-order valence-corrected chi connectivity index (χ3v) is 14.3. The third-order valence-electron chi connectivity index (χ3n) is 4.69. The number of nitrogens with zero attached hydrogens (tertiary/aromatic N) is 2. The van der Waals surface area contributed by atoms with Crippen LogP contribution in [-0.4, -0.2) is 56.6 Å². The van der Waals surface area contributed by atoms with Crippen LogP contribution in [0.2, 0.25) is 0 Å². The van der Waals surface area contributed by atoms with E-state index in [1.807, 2.05) is 41.5 Å². The summed E-state index contributed by atoms with van der Waals surface area (Å²) in [6.45, 7) is 41.6. The highest BCUT2D eigenvalue weighted by molar-refractivity contribution is 8.09. The summed E-state index contributed by atoms with van der Waals surface area (Å²) in [6.07, 6.45) is 0. The summed E-state index contributed by atoms with van der Waals surface area (Å²) in [5.41, 5.74) is -1.06. The van der Waals surface area contributed by atoms with Crippen molar-refractivity contribution < 1.29 is 27.9 Å². The van der Waals surface area contributed by atoms with Crippen molar-refractivity contribution in [2.45, 2.75) is 170 Å². The second-order valence-electron chi connectivity index (χ2n) is 15.5. The largest absolute Gasteiger partial charge is 0.800 e. The Morgan fingerprint density at radius 2 is 1.15 bits per heavy atom. The first-order valence-corrected chi connectivity index (χ1v) is 19.6. The van der Waals surface area contributed by atoms with Crippen molar-refractivity contribution in [3.63, 3.8) is 0 Å². The molecule has 41 heavy (non-hydrogen) atoms. The maximum Gasteiger partial charge on any atom is 0.238 e. The molecule has 0 aliphatic rings. The number of hydrogen-bond donors (Lipinski definition) is 0. The summed E-state index contributed by atoms with van der Waals surface area (Å²) in [5.74, 6) is 0. The summed E-state index contributed by atoms with van der Waals surface area (Å²) >= 11 is 4.96. The lowest BCUT2D eigenvalue weighted by Gasteiger charge is -2.44. The second-order valence-corrected chi connectivity index (χ2v) is 24.6. The van der Waals surface area contributed by atoms with Crippen LogP contribution in [0.4, 0.5) is 0 Å². The number of hydrogen-bond acceptors (Lipinski definition) is 8.